The van der Waals surface area contributed by atoms with E-state index in [1.807, 2.05) is 0 Å². The van der Waals surface area contributed by atoms with Gasteiger partial charge in [-0.05, 0) is 31.6 Å². The van der Waals surface area contributed by atoms with Crippen LogP contribution in [0.25, 0.3) is 0 Å². The third-order valence-electron chi connectivity index (χ3n) is 2.87. The SMILES string of the molecule is CCC(C)C1=CC(O)CCCC1. The average molecular weight is 168 g/mol. The Morgan fingerprint density at radius 3 is 3.00 bits per heavy atom. The van der Waals surface area contributed by atoms with Crippen molar-refractivity contribution in [1.29, 1.82) is 0 Å². The maximum atomic E-state index is 9.53. The van der Waals surface area contributed by atoms with E-state index >= 15 is 0 Å². The summed E-state index contributed by atoms with van der Waals surface area (Å²) < 4.78 is 0. The van der Waals surface area contributed by atoms with Crippen molar-refractivity contribution in [3.05, 3.63) is 11.6 Å². The summed E-state index contributed by atoms with van der Waals surface area (Å²) in [4.78, 5) is 0. The van der Waals surface area contributed by atoms with Gasteiger partial charge in [-0.15, -0.1) is 0 Å². The minimum Gasteiger partial charge on any atom is -0.389 e. The number of aliphatic hydroxyl groups excluding tert-OH is 1. The first kappa shape index (κ1) is 9.79. The van der Waals surface area contributed by atoms with Gasteiger partial charge in [0.15, 0.2) is 0 Å². The number of allylic oxidation sites excluding steroid dienone is 1. The first-order valence-corrected chi connectivity index (χ1v) is 5.12. The molecule has 0 saturated carbocycles. The summed E-state index contributed by atoms with van der Waals surface area (Å²) in [6, 6.07) is 0. The van der Waals surface area contributed by atoms with Gasteiger partial charge in [0, 0.05) is 0 Å². The van der Waals surface area contributed by atoms with Crippen LogP contribution in [0.2, 0.25) is 0 Å². The Kier molecular flexibility index (Phi) is 3.80. The zero-order chi connectivity index (χ0) is 8.97. The normalized spacial score (nSPS) is 27.6. The summed E-state index contributed by atoms with van der Waals surface area (Å²) in [5.41, 5.74) is 1.47. The highest BCUT2D eigenvalue weighted by Gasteiger charge is 2.12. The van der Waals surface area contributed by atoms with Gasteiger partial charge in [0.2, 0.25) is 0 Å². The molecule has 2 atom stereocenters. The molecule has 0 spiro atoms. The smallest absolute Gasteiger partial charge is 0.0723 e. The summed E-state index contributed by atoms with van der Waals surface area (Å²) in [5, 5.41) is 9.53. The molecule has 12 heavy (non-hydrogen) atoms. The van der Waals surface area contributed by atoms with Crippen LogP contribution in [-0.2, 0) is 0 Å². The van der Waals surface area contributed by atoms with Gasteiger partial charge < -0.3 is 5.11 Å². The second kappa shape index (κ2) is 4.66. The molecule has 0 saturated heterocycles. The van der Waals surface area contributed by atoms with Crippen molar-refractivity contribution in [1.82, 2.24) is 0 Å². The molecule has 1 heteroatoms. The monoisotopic (exact) mass is 168 g/mol. The van der Waals surface area contributed by atoms with E-state index in [4.69, 9.17) is 0 Å². The van der Waals surface area contributed by atoms with Crippen molar-refractivity contribution in [3.63, 3.8) is 0 Å². The van der Waals surface area contributed by atoms with Crippen molar-refractivity contribution in [2.24, 2.45) is 5.92 Å². The van der Waals surface area contributed by atoms with Crippen LogP contribution in [0.3, 0.4) is 0 Å². The highest BCUT2D eigenvalue weighted by atomic mass is 16.3. The molecule has 0 aromatic heterocycles. The number of aliphatic hydroxyl groups is 1. The van der Waals surface area contributed by atoms with Crippen LogP contribution >= 0.6 is 0 Å². The molecule has 70 valence electrons. The Bertz CT molecular complexity index is 160. The Labute approximate surface area is 75.5 Å². The summed E-state index contributed by atoms with van der Waals surface area (Å²) in [7, 11) is 0. The number of hydrogen-bond acceptors (Lipinski definition) is 1. The van der Waals surface area contributed by atoms with E-state index in [-0.39, 0.29) is 6.10 Å². The van der Waals surface area contributed by atoms with Crippen LogP contribution in [0.5, 0.6) is 0 Å². The summed E-state index contributed by atoms with van der Waals surface area (Å²) in [5.74, 6) is 0.665. The number of rotatable bonds is 2. The summed E-state index contributed by atoms with van der Waals surface area (Å²) >= 11 is 0. The zero-order valence-corrected chi connectivity index (χ0v) is 8.21. The lowest BCUT2D eigenvalue weighted by Crippen LogP contribution is -2.03. The molecular weight excluding hydrogens is 148 g/mol. The Balaban J connectivity index is 2.59. The van der Waals surface area contributed by atoms with E-state index in [1.54, 1.807) is 0 Å². The lowest BCUT2D eigenvalue weighted by molar-refractivity contribution is 0.210. The molecule has 2 unspecified atom stereocenters. The van der Waals surface area contributed by atoms with E-state index in [1.165, 1.54) is 31.3 Å². The largest absolute Gasteiger partial charge is 0.389 e. The topological polar surface area (TPSA) is 20.2 Å². The van der Waals surface area contributed by atoms with Crippen LogP contribution in [0.15, 0.2) is 11.6 Å². The minimum absolute atomic E-state index is 0.170. The summed E-state index contributed by atoms with van der Waals surface area (Å²) in [6.07, 6.45) is 7.70. The fourth-order valence-corrected chi connectivity index (χ4v) is 1.77. The Morgan fingerprint density at radius 1 is 1.58 bits per heavy atom. The van der Waals surface area contributed by atoms with Crippen LogP contribution in [0.1, 0.15) is 46.0 Å². The highest BCUT2D eigenvalue weighted by molar-refractivity contribution is 5.09. The predicted molar refractivity (Wildman–Crippen MR) is 52.0 cm³/mol. The predicted octanol–water partition coefficient (Wildman–Crippen LogP) is 2.89. The van der Waals surface area contributed by atoms with E-state index < -0.39 is 0 Å². The van der Waals surface area contributed by atoms with Crippen LogP contribution in [0.4, 0.5) is 0 Å². The van der Waals surface area contributed by atoms with Gasteiger partial charge in [0.1, 0.15) is 0 Å². The third kappa shape index (κ3) is 2.63. The van der Waals surface area contributed by atoms with E-state index in [2.05, 4.69) is 19.9 Å². The molecule has 0 heterocycles. The van der Waals surface area contributed by atoms with Gasteiger partial charge in [0.25, 0.3) is 0 Å². The quantitative estimate of drug-likeness (QED) is 0.629. The van der Waals surface area contributed by atoms with Crippen molar-refractivity contribution in [2.75, 3.05) is 0 Å². The molecule has 1 nitrogen and oxygen atoms in total. The minimum atomic E-state index is -0.170. The Hall–Kier alpha value is -0.300. The first-order chi connectivity index (χ1) is 5.74. The molecule has 0 radical (unpaired) electrons. The molecule has 1 aliphatic carbocycles. The van der Waals surface area contributed by atoms with Crippen molar-refractivity contribution < 1.29 is 5.11 Å². The molecular formula is C11H20O. The van der Waals surface area contributed by atoms with E-state index in [0.29, 0.717) is 5.92 Å². The Morgan fingerprint density at radius 2 is 2.33 bits per heavy atom. The van der Waals surface area contributed by atoms with E-state index in [9.17, 15) is 5.11 Å². The zero-order valence-electron chi connectivity index (χ0n) is 8.21. The third-order valence-corrected chi connectivity index (χ3v) is 2.87. The second-order valence-corrected chi connectivity index (χ2v) is 3.86. The molecule has 0 aliphatic heterocycles. The second-order valence-electron chi connectivity index (χ2n) is 3.86. The molecule has 0 fully saturated rings. The van der Waals surface area contributed by atoms with E-state index in [0.717, 1.165) is 6.42 Å². The van der Waals surface area contributed by atoms with Crippen LogP contribution < -0.4 is 0 Å². The lowest BCUT2D eigenvalue weighted by Gasteiger charge is -2.12. The van der Waals surface area contributed by atoms with Crippen molar-refractivity contribution in [3.8, 4) is 0 Å². The highest BCUT2D eigenvalue weighted by Crippen LogP contribution is 2.25. The van der Waals surface area contributed by atoms with Gasteiger partial charge in [-0.1, -0.05) is 31.9 Å². The van der Waals surface area contributed by atoms with Gasteiger partial charge in [-0.25, -0.2) is 0 Å². The van der Waals surface area contributed by atoms with Crippen molar-refractivity contribution in [2.45, 2.75) is 52.1 Å². The van der Waals surface area contributed by atoms with Gasteiger partial charge in [-0.3, -0.25) is 0 Å². The van der Waals surface area contributed by atoms with Crippen LogP contribution in [0, 0.1) is 5.92 Å². The average Bonchev–Trinajstić information content (AvgIpc) is 2.28. The fourth-order valence-electron chi connectivity index (χ4n) is 1.77. The first-order valence-electron chi connectivity index (χ1n) is 5.12. The fraction of sp³-hybridized carbons (Fsp3) is 0.818. The van der Waals surface area contributed by atoms with Crippen molar-refractivity contribution >= 4 is 0 Å². The van der Waals surface area contributed by atoms with Gasteiger partial charge >= 0.3 is 0 Å². The van der Waals surface area contributed by atoms with Gasteiger partial charge in [-0.2, -0.15) is 0 Å². The maximum Gasteiger partial charge on any atom is 0.0723 e. The number of hydrogen-bond donors (Lipinski definition) is 1. The molecule has 0 amide bonds. The van der Waals surface area contributed by atoms with Gasteiger partial charge in [0.05, 0.1) is 6.10 Å². The molecule has 0 bridgehead atoms. The maximum absolute atomic E-state index is 9.53. The standard InChI is InChI=1S/C11H20O/c1-3-9(2)10-6-4-5-7-11(12)8-10/h8-9,11-12H,3-7H2,1-2H3. The lowest BCUT2D eigenvalue weighted by atomic mass is 9.94. The molecule has 1 N–H and O–H groups in total. The molecule has 1 aliphatic rings. The molecule has 0 aromatic rings. The molecule has 0 aromatic carbocycles. The summed E-state index contributed by atoms with van der Waals surface area (Å²) in [6.45, 7) is 4.46. The van der Waals surface area contributed by atoms with Crippen LogP contribution in [-0.4, -0.2) is 11.2 Å². The molecule has 1 rings (SSSR count).